The summed E-state index contributed by atoms with van der Waals surface area (Å²) in [4.78, 5) is 18.0. The molecule has 7 nitrogen and oxygen atoms in total. The largest absolute Gasteiger partial charge is 0.493 e. The monoisotopic (exact) mass is 474 g/mol. The lowest BCUT2D eigenvalue weighted by atomic mass is 9.95. The highest BCUT2D eigenvalue weighted by Crippen LogP contribution is 2.41. The minimum atomic E-state index is -0.270. The molecule has 1 amide bonds. The minimum absolute atomic E-state index is 0.270. The molecule has 0 bridgehead atoms. The van der Waals surface area contributed by atoms with Crippen molar-refractivity contribution >= 4 is 54.1 Å². The van der Waals surface area contributed by atoms with Crippen molar-refractivity contribution in [3.8, 4) is 23.0 Å². The summed E-state index contributed by atoms with van der Waals surface area (Å²) in [5.41, 5.74) is 1.32. The van der Waals surface area contributed by atoms with Crippen LogP contribution in [0.4, 0.5) is 5.13 Å². The van der Waals surface area contributed by atoms with Gasteiger partial charge in [0, 0.05) is 5.56 Å². The number of methoxy groups -OCH3 is 4. The molecular weight excluding hydrogens is 452 g/mol. The molecule has 5 aromatic rings. The van der Waals surface area contributed by atoms with Gasteiger partial charge in [-0.1, -0.05) is 23.5 Å². The third kappa shape index (κ3) is 3.62. The fourth-order valence-corrected chi connectivity index (χ4v) is 4.94. The van der Waals surface area contributed by atoms with E-state index in [1.54, 1.807) is 28.4 Å². The smallest absolute Gasteiger partial charge is 0.258 e. The number of carbonyl (C=O) groups excluding carboxylic acids is 1. The second-order valence-electron chi connectivity index (χ2n) is 7.55. The molecule has 8 heteroatoms. The van der Waals surface area contributed by atoms with E-state index in [1.165, 1.54) is 11.3 Å². The van der Waals surface area contributed by atoms with Gasteiger partial charge in [0.1, 0.15) is 0 Å². The van der Waals surface area contributed by atoms with E-state index in [2.05, 4.69) is 10.3 Å². The number of amides is 1. The van der Waals surface area contributed by atoms with E-state index >= 15 is 0 Å². The van der Waals surface area contributed by atoms with Crippen LogP contribution in [-0.4, -0.2) is 39.3 Å². The standard InChI is InChI=1S/C26H22N2O5S/c1-30-20-10-14-9-18(25(29)28-26-27-19-7-5-6-8-24(19)34-26)17-13-23(33-4)22(32-3)12-16(17)15(14)11-21(20)31-2/h5-13H,1-4H3,(H,27,28,29). The zero-order valence-electron chi connectivity index (χ0n) is 19.1. The number of thiazole rings is 1. The zero-order valence-corrected chi connectivity index (χ0v) is 19.9. The Balaban J connectivity index is 1.73. The molecule has 1 N–H and O–H groups in total. The lowest BCUT2D eigenvalue weighted by molar-refractivity contribution is 0.102. The van der Waals surface area contributed by atoms with Gasteiger partial charge < -0.3 is 18.9 Å². The van der Waals surface area contributed by atoms with Crippen molar-refractivity contribution in [2.45, 2.75) is 0 Å². The number of benzene rings is 4. The third-order valence-electron chi connectivity index (χ3n) is 5.72. The number of ether oxygens (including phenoxy) is 4. The molecule has 34 heavy (non-hydrogen) atoms. The van der Waals surface area contributed by atoms with Gasteiger partial charge in [-0.3, -0.25) is 10.1 Å². The van der Waals surface area contributed by atoms with Gasteiger partial charge in [-0.05, 0) is 64.0 Å². The molecule has 0 atom stereocenters. The molecule has 0 saturated carbocycles. The molecule has 4 aromatic carbocycles. The molecule has 172 valence electrons. The molecule has 0 radical (unpaired) electrons. The number of hydrogen-bond donors (Lipinski definition) is 1. The normalized spacial score (nSPS) is 11.1. The molecule has 0 saturated heterocycles. The van der Waals surface area contributed by atoms with Crippen LogP contribution in [0.3, 0.4) is 0 Å². The fourth-order valence-electron chi connectivity index (χ4n) is 4.08. The zero-order chi connectivity index (χ0) is 23.8. The van der Waals surface area contributed by atoms with Crippen LogP contribution < -0.4 is 24.3 Å². The van der Waals surface area contributed by atoms with Crippen LogP contribution in [0, 0.1) is 0 Å². The lowest BCUT2D eigenvalue weighted by Crippen LogP contribution is -2.12. The van der Waals surface area contributed by atoms with Crippen LogP contribution in [0.1, 0.15) is 10.4 Å². The molecule has 1 heterocycles. The molecule has 0 aliphatic heterocycles. The Morgan fingerprint density at radius 3 is 2.00 bits per heavy atom. The average Bonchev–Trinajstić information content (AvgIpc) is 3.28. The van der Waals surface area contributed by atoms with Gasteiger partial charge in [0.2, 0.25) is 0 Å². The van der Waals surface area contributed by atoms with E-state index in [0.717, 1.165) is 31.8 Å². The Morgan fingerprint density at radius 2 is 1.35 bits per heavy atom. The van der Waals surface area contributed by atoms with Gasteiger partial charge in [-0.15, -0.1) is 0 Å². The number of fused-ring (bicyclic) bond motifs is 4. The summed E-state index contributed by atoms with van der Waals surface area (Å²) in [5, 5.41) is 6.76. The number of aromatic nitrogens is 1. The van der Waals surface area contributed by atoms with Crippen LogP contribution in [-0.2, 0) is 0 Å². The van der Waals surface area contributed by atoms with E-state index in [-0.39, 0.29) is 5.91 Å². The molecule has 0 aliphatic rings. The second-order valence-corrected chi connectivity index (χ2v) is 8.58. The highest BCUT2D eigenvalue weighted by atomic mass is 32.1. The Hall–Kier alpha value is -4.04. The third-order valence-corrected chi connectivity index (χ3v) is 6.67. The van der Waals surface area contributed by atoms with Crippen molar-refractivity contribution in [3.05, 3.63) is 60.2 Å². The first-order chi connectivity index (χ1) is 16.6. The Morgan fingerprint density at radius 1 is 0.765 bits per heavy atom. The van der Waals surface area contributed by atoms with Crippen molar-refractivity contribution in [1.82, 2.24) is 4.98 Å². The first-order valence-electron chi connectivity index (χ1n) is 10.5. The number of rotatable bonds is 6. The number of carbonyl (C=O) groups is 1. The van der Waals surface area contributed by atoms with Crippen LogP contribution >= 0.6 is 11.3 Å². The van der Waals surface area contributed by atoms with E-state index in [1.807, 2.05) is 54.6 Å². The molecule has 0 spiro atoms. The molecule has 1 aromatic heterocycles. The van der Waals surface area contributed by atoms with Crippen molar-refractivity contribution in [1.29, 1.82) is 0 Å². The molecule has 0 aliphatic carbocycles. The summed E-state index contributed by atoms with van der Waals surface area (Å²) in [6.07, 6.45) is 0. The fraction of sp³-hybridized carbons (Fsp3) is 0.154. The maximum Gasteiger partial charge on any atom is 0.258 e. The maximum atomic E-state index is 13.5. The first kappa shape index (κ1) is 21.8. The van der Waals surface area contributed by atoms with Gasteiger partial charge in [-0.25, -0.2) is 4.98 Å². The summed E-state index contributed by atoms with van der Waals surface area (Å²) in [6.45, 7) is 0. The van der Waals surface area contributed by atoms with Gasteiger partial charge >= 0.3 is 0 Å². The van der Waals surface area contributed by atoms with Crippen molar-refractivity contribution in [2.24, 2.45) is 0 Å². The minimum Gasteiger partial charge on any atom is -0.493 e. The second kappa shape index (κ2) is 8.72. The van der Waals surface area contributed by atoms with Crippen molar-refractivity contribution < 1.29 is 23.7 Å². The number of nitrogens with zero attached hydrogens (tertiary/aromatic N) is 1. The maximum absolute atomic E-state index is 13.5. The number of hydrogen-bond acceptors (Lipinski definition) is 7. The van der Waals surface area contributed by atoms with Gasteiger partial charge in [0.15, 0.2) is 28.1 Å². The molecule has 0 fully saturated rings. The Bertz CT molecular complexity index is 1530. The van der Waals surface area contributed by atoms with Crippen LogP contribution in [0.5, 0.6) is 23.0 Å². The summed E-state index contributed by atoms with van der Waals surface area (Å²) in [7, 11) is 6.33. The predicted octanol–water partition coefficient (Wildman–Crippen LogP) is 5.89. The predicted molar refractivity (Wildman–Crippen MR) is 135 cm³/mol. The number of para-hydroxylation sites is 1. The van der Waals surface area contributed by atoms with Crippen LogP contribution in [0.25, 0.3) is 31.8 Å². The molecular formula is C26H22N2O5S. The van der Waals surface area contributed by atoms with Crippen molar-refractivity contribution in [3.63, 3.8) is 0 Å². The van der Waals surface area contributed by atoms with E-state index < -0.39 is 0 Å². The van der Waals surface area contributed by atoms with E-state index in [0.29, 0.717) is 33.7 Å². The summed E-state index contributed by atoms with van der Waals surface area (Å²) in [5.74, 6) is 2.00. The SMILES string of the molecule is COc1cc2cc(C(=O)Nc3nc4ccccc4s3)c3cc(OC)c(OC)cc3c2cc1OC. The highest BCUT2D eigenvalue weighted by molar-refractivity contribution is 7.22. The Labute approximate surface area is 199 Å². The van der Waals surface area contributed by atoms with E-state index in [4.69, 9.17) is 18.9 Å². The summed E-state index contributed by atoms with van der Waals surface area (Å²) >= 11 is 1.43. The lowest BCUT2D eigenvalue weighted by Gasteiger charge is -2.16. The molecule has 0 unspecified atom stereocenters. The quantitative estimate of drug-likeness (QED) is 0.309. The highest BCUT2D eigenvalue weighted by Gasteiger charge is 2.19. The van der Waals surface area contributed by atoms with Crippen molar-refractivity contribution in [2.75, 3.05) is 33.8 Å². The van der Waals surface area contributed by atoms with Gasteiger partial charge in [0.25, 0.3) is 5.91 Å². The first-order valence-corrected chi connectivity index (χ1v) is 11.3. The number of nitrogens with one attached hydrogen (secondary N) is 1. The Kier molecular flexibility index (Phi) is 5.59. The summed E-state index contributed by atoms with van der Waals surface area (Å²) in [6, 6.07) is 17.1. The number of anilines is 1. The van der Waals surface area contributed by atoms with Gasteiger partial charge in [-0.2, -0.15) is 0 Å². The molecule has 5 rings (SSSR count). The van der Waals surface area contributed by atoms with Crippen LogP contribution in [0.2, 0.25) is 0 Å². The van der Waals surface area contributed by atoms with E-state index in [9.17, 15) is 4.79 Å². The summed E-state index contributed by atoms with van der Waals surface area (Å²) < 4.78 is 23.1. The van der Waals surface area contributed by atoms with Gasteiger partial charge in [0.05, 0.1) is 38.7 Å². The average molecular weight is 475 g/mol. The van der Waals surface area contributed by atoms with Crippen LogP contribution in [0.15, 0.2) is 54.6 Å². The topological polar surface area (TPSA) is 78.9 Å².